The summed E-state index contributed by atoms with van der Waals surface area (Å²) in [4.78, 5) is 1.82. The Morgan fingerprint density at radius 2 is 1.77 bits per heavy atom. The lowest BCUT2D eigenvalue weighted by atomic mass is 10.0. The normalized spacial score (nSPS) is 18.3. The Morgan fingerprint density at radius 3 is 2.42 bits per heavy atom. The molecule has 7 heteroatoms. The average molecular weight is 380 g/mol. The van der Waals surface area contributed by atoms with Crippen LogP contribution in [0.5, 0.6) is 0 Å². The van der Waals surface area contributed by atoms with Crippen molar-refractivity contribution in [2.45, 2.75) is 36.1 Å². The van der Waals surface area contributed by atoms with Gasteiger partial charge in [-0.3, -0.25) is 0 Å². The van der Waals surface area contributed by atoms with Crippen molar-refractivity contribution in [1.82, 2.24) is 5.32 Å². The van der Waals surface area contributed by atoms with Crippen molar-refractivity contribution in [3.8, 4) is 0 Å². The van der Waals surface area contributed by atoms with E-state index in [9.17, 15) is 17.2 Å². The molecule has 2 aromatic rings. The number of sulfone groups is 1. The van der Waals surface area contributed by atoms with Crippen molar-refractivity contribution in [1.29, 1.82) is 0 Å². The monoisotopic (exact) mass is 380 g/mol. The maximum absolute atomic E-state index is 12.6. The SMILES string of the molecule is O=S(=O)(c1ccc(N2CCCC(NCc3ccccc3)C2)cc1)C(F)F. The highest BCUT2D eigenvalue weighted by molar-refractivity contribution is 7.91. The number of rotatable bonds is 6. The Bertz CT molecular complexity index is 811. The van der Waals surface area contributed by atoms with Gasteiger partial charge in [0.1, 0.15) is 0 Å². The van der Waals surface area contributed by atoms with Crippen molar-refractivity contribution in [2.75, 3.05) is 18.0 Å². The van der Waals surface area contributed by atoms with Gasteiger partial charge >= 0.3 is 5.76 Å². The van der Waals surface area contributed by atoms with Crippen molar-refractivity contribution in [2.24, 2.45) is 0 Å². The third kappa shape index (κ3) is 4.40. The van der Waals surface area contributed by atoms with Crippen molar-refractivity contribution < 1.29 is 17.2 Å². The van der Waals surface area contributed by atoms with E-state index in [0.29, 0.717) is 6.04 Å². The Kier molecular flexibility index (Phi) is 5.88. The van der Waals surface area contributed by atoms with Gasteiger partial charge in [-0.1, -0.05) is 30.3 Å². The molecule has 1 N–H and O–H groups in total. The minimum absolute atomic E-state index is 0.327. The van der Waals surface area contributed by atoms with E-state index in [0.717, 1.165) is 38.2 Å². The molecule has 2 aromatic carbocycles. The maximum atomic E-state index is 12.6. The van der Waals surface area contributed by atoms with Gasteiger partial charge in [0.2, 0.25) is 9.84 Å². The second kappa shape index (κ2) is 8.14. The highest BCUT2D eigenvalue weighted by Gasteiger charge is 2.27. The Hall–Kier alpha value is -1.99. The Balaban J connectivity index is 1.62. The van der Waals surface area contributed by atoms with Crippen LogP contribution in [0.4, 0.5) is 14.5 Å². The molecule has 1 atom stereocenters. The third-order valence-corrected chi connectivity index (χ3v) is 6.02. The summed E-state index contributed by atoms with van der Waals surface area (Å²) in [6, 6.07) is 16.2. The number of anilines is 1. The molecule has 0 spiro atoms. The first-order valence-electron chi connectivity index (χ1n) is 8.61. The van der Waals surface area contributed by atoms with Gasteiger partial charge in [0, 0.05) is 31.4 Å². The van der Waals surface area contributed by atoms with E-state index in [2.05, 4.69) is 22.3 Å². The minimum Gasteiger partial charge on any atom is -0.370 e. The second-order valence-electron chi connectivity index (χ2n) is 6.45. The van der Waals surface area contributed by atoms with Crippen LogP contribution < -0.4 is 10.2 Å². The van der Waals surface area contributed by atoms with Gasteiger partial charge in [-0.15, -0.1) is 0 Å². The molecule has 0 saturated carbocycles. The van der Waals surface area contributed by atoms with Gasteiger partial charge in [-0.05, 0) is 42.7 Å². The Labute approximate surface area is 152 Å². The summed E-state index contributed by atoms with van der Waals surface area (Å²) >= 11 is 0. The molecule has 0 radical (unpaired) electrons. The van der Waals surface area contributed by atoms with Crippen LogP contribution in [0.2, 0.25) is 0 Å². The van der Waals surface area contributed by atoms with Gasteiger partial charge in [-0.2, -0.15) is 8.78 Å². The summed E-state index contributed by atoms with van der Waals surface area (Å²) in [7, 11) is -4.54. The molecule has 0 aliphatic carbocycles. The number of hydrogen-bond donors (Lipinski definition) is 1. The predicted octanol–water partition coefficient (Wildman–Crippen LogP) is 3.44. The second-order valence-corrected chi connectivity index (χ2v) is 8.37. The summed E-state index contributed by atoms with van der Waals surface area (Å²) in [6.07, 6.45) is 2.09. The molecule has 0 aromatic heterocycles. The third-order valence-electron chi connectivity index (χ3n) is 4.62. The number of nitrogens with one attached hydrogen (secondary N) is 1. The molecule has 3 rings (SSSR count). The van der Waals surface area contributed by atoms with Crippen LogP contribution in [-0.4, -0.2) is 33.3 Å². The molecule has 26 heavy (non-hydrogen) atoms. The maximum Gasteiger partial charge on any atom is 0.341 e. The zero-order valence-electron chi connectivity index (χ0n) is 14.3. The van der Waals surface area contributed by atoms with Gasteiger partial charge in [0.25, 0.3) is 0 Å². The summed E-state index contributed by atoms with van der Waals surface area (Å²) < 4.78 is 48.3. The molecule has 1 heterocycles. The average Bonchev–Trinajstić information content (AvgIpc) is 2.67. The van der Waals surface area contributed by atoms with Crippen molar-refractivity contribution in [3.63, 3.8) is 0 Å². The van der Waals surface area contributed by atoms with Gasteiger partial charge in [-0.25, -0.2) is 8.42 Å². The number of hydrogen-bond acceptors (Lipinski definition) is 4. The first kappa shape index (κ1) is 18.8. The molecule has 1 aliphatic rings. The van der Waals surface area contributed by atoms with E-state index >= 15 is 0 Å². The summed E-state index contributed by atoms with van der Waals surface area (Å²) in [6.45, 7) is 2.46. The largest absolute Gasteiger partial charge is 0.370 e. The molecule has 140 valence electrons. The van der Waals surface area contributed by atoms with E-state index in [1.165, 1.54) is 17.7 Å². The highest BCUT2D eigenvalue weighted by atomic mass is 32.2. The zero-order valence-corrected chi connectivity index (χ0v) is 15.1. The lowest BCUT2D eigenvalue weighted by Gasteiger charge is -2.35. The number of piperidine rings is 1. The van der Waals surface area contributed by atoms with Crippen LogP contribution in [0.25, 0.3) is 0 Å². The van der Waals surface area contributed by atoms with E-state index < -0.39 is 15.6 Å². The first-order chi connectivity index (χ1) is 12.5. The van der Waals surface area contributed by atoms with Crippen LogP contribution >= 0.6 is 0 Å². The highest BCUT2D eigenvalue weighted by Crippen LogP contribution is 2.24. The topological polar surface area (TPSA) is 49.4 Å². The molecule has 1 fully saturated rings. The number of halogens is 2. The lowest BCUT2D eigenvalue weighted by Crippen LogP contribution is -2.45. The molecular weight excluding hydrogens is 358 g/mol. The summed E-state index contributed by atoms with van der Waals surface area (Å²) in [5, 5.41) is 3.55. The summed E-state index contributed by atoms with van der Waals surface area (Å²) in [5.74, 6) is -3.39. The lowest BCUT2D eigenvalue weighted by molar-refractivity contribution is 0.234. The first-order valence-corrected chi connectivity index (χ1v) is 10.2. The number of nitrogens with zero attached hydrogens (tertiary/aromatic N) is 1. The minimum atomic E-state index is -4.54. The molecule has 0 amide bonds. The van der Waals surface area contributed by atoms with E-state index in [1.807, 2.05) is 18.2 Å². The van der Waals surface area contributed by atoms with Crippen LogP contribution in [0, 0.1) is 0 Å². The van der Waals surface area contributed by atoms with Crippen LogP contribution in [0.15, 0.2) is 59.5 Å². The fourth-order valence-electron chi connectivity index (χ4n) is 3.19. The molecule has 4 nitrogen and oxygen atoms in total. The van der Waals surface area contributed by atoms with Crippen LogP contribution in [-0.2, 0) is 16.4 Å². The van der Waals surface area contributed by atoms with Crippen LogP contribution in [0.3, 0.4) is 0 Å². The number of benzene rings is 2. The van der Waals surface area contributed by atoms with E-state index in [4.69, 9.17) is 0 Å². The molecular formula is C19H22F2N2O2S. The number of alkyl halides is 2. The molecule has 0 bridgehead atoms. The van der Waals surface area contributed by atoms with E-state index in [1.54, 1.807) is 12.1 Å². The molecule has 1 saturated heterocycles. The molecule has 1 unspecified atom stereocenters. The fraction of sp³-hybridized carbons (Fsp3) is 0.368. The van der Waals surface area contributed by atoms with Gasteiger partial charge in [0.05, 0.1) is 4.90 Å². The summed E-state index contributed by atoms with van der Waals surface area (Å²) in [5.41, 5.74) is 2.08. The predicted molar refractivity (Wildman–Crippen MR) is 98.1 cm³/mol. The van der Waals surface area contributed by atoms with Gasteiger partial charge < -0.3 is 10.2 Å². The van der Waals surface area contributed by atoms with Gasteiger partial charge in [0.15, 0.2) is 0 Å². The fourth-order valence-corrected chi connectivity index (χ4v) is 3.91. The quantitative estimate of drug-likeness (QED) is 0.834. The Morgan fingerprint density at radius 1 is 1.08 bits per heavy atom. The standard InChI is InChI=1S/C19H22F2N2O2S/c20-19(21)26(24,25)18-10-8-17(9-11-18)23-12-4-7-16(14-23)22-13-15-5-2-1-3-6-15/h1-3,5-6,8-11,16,19,22H,4,7,12-14H2. The van der Waals surface area contributed by atoms with Crippen LogP contribution in [0.1, 0.15) is 18.4 Å². The molecule has 1 aliphatic heterocycles. The van der Waals surface area contributed by atoms with Crippen molar-refractivity contribution in [3.05, 3.63) is 60.2 Å². The van der Waals surface area contributed by atoms with Crippen molar-refractivity contribution >= 4 is 15.5 Å². The van der Waals surface area contributed by atoms with E-state index in [-0.39, 0.29) is 4.90 Å². The smallest absolute Gasteiger partial charge is 0.341 e. The zero-order chi connectivity index (χ0) is 18.6.